The SMILES string of the molecule is Cc1c(N)cc(Br)cc1C(=O)NN1C(C)CCCC1C. The summed E-state index contributed by atoms with van der Waals surface area (Å²) in [5.41, 5.74) is 11.0. The van der Waals surface area contributed by atoms with Gasteiger partial charge in [-0.2, -0.15) is 0 Å². The number of nitrogens with zero attached hydrogens (tertiary/aromatic N) is 1. The lowest BCUT2D eigenvalue weighted by Gasteiger charge is -2.38. The van der Waals surface area contributed by atoms with Gasteiger partial charge >= 0.3 is 0 Å². The lowest BCUT2D eigenvalue weighted by atomic mass is 9.99. The third-order valence-electron chi connectivity index (χ3n) is 4.08. The minimum Gasteiger partial charge on any atom is -0.398 e. The highest BCUT2D eigenvalue weighted by Gasteiger charge is 2.27. The van der Waals surface area contributed by atoms with Crippen molar-refractivity contribution in [2.45, 2.75) is 52.1 Å². The standard InChI is InChI=1S/C15H22BrN3O/c1-9-5-4-6-10(2)19(9)18-15(20)13-7-12(16)8-14(17)11(13)3/h7-10H,4-6,17H2,1-3H3,(H,18,20). The molecule has 0 bridgehead atoms. The summed E-state index contributed by atoms with van der Waals surface area (Å²) >= 11 is 3.39. The molecule has 0 aromatic heterocycles. The van der Waals surface area contributed by atoms with E-state index in [1.54, 1.807) is 0 Å². The summed E-state index contributed by atoms with van der Waals surface area (Å²) in [6.07, 6.45) is 3.45. The average Bonchev–Trinajstić information content (AvgIpc) is 2.38. The number of hydrogen-bond donors (Lipinski definition) is 2. The van der Waals surface area contributed by atoms with E-state index >= 15 is 0 Å². The van der Waals surface area contributed by atoms with Crippen molar-refractivity contribution in [2.75, 3.05) is 5.73 Å². The molecular weight excluding hydrogens is 318 g/mol. The lowest BCUT2D eigenvalue weighted by Crippen LogP contribution is -2.54. The van der Waals surface area contributed by atoms with Crippen LogP contribution >= 0.6 is 15.9 Å². The molecule has 0 radical (unpaired) electrons. The second-order valence-corrected chi connectivity index (χ2v) is 6.56. The highest BCUT2D eigenvalue weighted by Crippen LogP contribution is 2.24. The van der Waals surface area contributed by atoms with Gasteiger partial charge in [0, 0.05) is 27.8 Å². The van der Waals surface area contributed by atoms with Gasteiger partial charge in [0.15, 0.2) is 0 Å². The van der Waals surface area contributed by atoms with Crippen LogP contribution in [0.4, 0.5) is 5.69 Å². The van der Waals surface area contributed by atoms with Crippen molar-refractivity contribution in [3.05, 3.63) is 27.7 Å². The Balaban J connectivity index is 2.20. The van der Waals surface area contributed by atoms with Crippen LogP contribution in [0, 0.1) is 6.92 Å². The first-order chi connectivity index (χ1) is 9.40. The Morgan fingerprint density at radius 2 is 1.95 bits per heavy atom. The molecule has 4 nitrogen and oxygen atoms in total. The summed E-state index contributed by atoms with van der Waals surface area (Å²) < 4.78 is 0.825. The van der Waals surface area contributed by atoms with Gasteiger partial charge in [-0.05, 0) is 51.3 Å². The average molecular weight is 340 g/mol. The van der Waals surface area contributed by atoms with Crippen LogP contribution < -0.4 is 11.2 Å². The summed E-state index contributed by atoms with van der Waals surface area (Å²) in [4.78, 5) is 12.5. The minimum atomic E-state index is -0.0869. The van der Waals surface area contributed by atoms with Crippen molar-refractivity contribution >= 4 is 27.5 Å². The Kier molecular flexibility index (Phi) is 4.70. The topological polar surface area (TPSA) is 58.4 Å². The van der Waals surface area contributed by atoms with E-state index in [9.17, 15) is 4.79 Å². The van der Waals surface area contributed by atoms with Gasteiger partial charge < -0.3 is 5.73 Å². The van der Waals surface area contributed by atoms with E-state index in [1.807, 2.05) is 19.1 Å². The summed E-state index contributed by atoms with van der Waals surface area (Å²) in [6, 6.07) is 4.37. The second kappa shape index (κ2) is 6.14. The van der Waals surface area contributed by atoms with Crippen LogP contribution in [0.15, 0.2) is 16.6 Å². The number of amides is 1. The number of carbonyl (C=O) groups is 1. The molecule has 2 atom stereocenters. The zero-order valence-corrected chi connectivity index (χ0v) is 13.8. The predicted molar refractivity (Wildman–Crippen MR) is 85.4 cm³/mol. The monoisotopic (exact) mass is 339 g/mol. The Bertz CT molecular complexity index is 508. The molecule has 3 N–H and O–H groups in total. The smallest absolute Gasteiger partial charge is 0.265 e. The molecule has 2 rings (SSSR count). The maximum absolute atomic E-state index is 12.5. The molecule has 1 saturated heterocycles. The highest BCUT2D eigenvalue weighted by molar-refractivity contribution is 9.10. The fourth-order valence-corrected chi connectivity index (χ4v) is 3.23. The molecule has 1 aromatic rings. The summed E-state index contributed by atoms with van der Waals surface area (Å²) in [5, 5.41) is 2.07. The fourth-order valence-electron chi connectivity index (χ4n) is 2.76. The molecule has 1 aromatic carbocycles. The van der Waals surface area contributed by atoms with Crippen molar-refractivity contribution in [1.29, 1.82) is 0 Å². The number of halogens is 1. The Morgan fingerprint density at radius 1 is 1.35 bits per heavy atom. The van der Waals surface area contributed by atoms with Crippen molar-refractivity contribution < 1.29 is 4.79 Å². The van der Waals surface area contributed by atoms with Gasteiger partial charge in [0.1, 0.15) is 0 Å². The zero-order valence-electron chi connectivity index (χ0n) is 12.2. The number of benzene rings is 1. The predicted octanol–water partition coefficient (Wildman–Crippen LogP) is 3.25. The largest absolute Gasteiger partial charge is 0.398 e. The van der Waals surface area contributed by atoms with E-state index in [1.165, 1.54) is 6.42 Å². The van der Waals surface area contributed by atoms with E-state index in [-0.39, 0.29) is 5.91 Å². The normalized spacial score (nSPS) is 23.6. The van der Waals surface area contributed by atoms with E-state index in [2.05, 4.69) is 40.2 Å². The third-order valence-corrected chi connectivity index (χ3v) is 4.54. The summed E-state index contributed by atoms with van der Waals surface area (Å²) in [7, 11) is 0. The van der Waals surface area contributed by atoms with E-state index in [4.69, 9.17) is 5.73 Å². The van der Waals surface area contributed by atoms with E-state index < -0.39 is 0 Å². The van der Waals surface area contributed by atoms with Gasteiger partial charge in [-0.15, -0.1) is 0 Å². The third kappa shape index (κ3) is 3.15. The van der Waals surface area contributed by atoms with Gasteiger partial charge in [-0.3, -0.25) is 10.2 Å². The molecule has 1 aliphatic rings. The zero-order chi connectivity index (χ0) is 14.9. The number of anilines is 1. The number of carbonyl (C=O) groups excluding carboxylic acids is 1. The second-order valence-electron chi connectivity index (χ2n) is 5.64. The molecule has 1 heterocycles. The molecule has 0 spiro atoms. The van der Waals surface area contributed by atoms with Crippen LogP contribution in [0.5, 0.6) is 0 Å². The maximum atomic E-state index is 12.5. The maximum Gasteiger partial charge on any atom is 0.265 e. The van der Waals surface area contributed by atoms with E-state index in [0.29, 0.717) is 23.3 Å². The van der Waals surface area contributed by atoms with E-state index in [0.717, 1.165) is 22.9 Å². The number of rotatable bonds is 2. The van der Waals surface area contributed by atoms with Crippen LogP contribution in [-0.4, -0.2) is 23.0 Å². The first-order valence-corrected chi connectivity index (χ1v) is 7.84. The van der Waals surface area contributed by atoms with Crippen molar-refractivity contribution in [3.63, 3.8) is 0 Å². The van der Waals surface area contributed by atoms with Crippen LogP contribution in [0.1, 0.15) is 49.0 Å². The number of piperidine rings is 1. The Hall–Kier alpha value is -1.07. The summed E-state index contributed by atoms with van der Waals surface area (Å²) in [6.45, 7) is 6.18. The number of nitrogen functional groups attached to an aromatic ring is 1. The first-order valence-electron chi connectivity index (χ1n) is 7.05. The number of nitrogens with one attached hydrogen (secondary N) is 1. The lowest BCUT2D eigenvalue weighted by molar-refractivity contribution is 0.0369. The number of hydrogen-bond acceptors (Lipinski definition) is 3. The fraction of sp³-hybridized carbons (Fsp3) is 0.533. The van der Waals surface area contributed by atoms with Gasteiger partial charge in [-0.25, -0.2) is 5.01 Å². The van der Waals surface area contributed by atoms with Gasteiger partial charge in [-0.1, -0.05) is 22.4 Å². The molecule has 5 heteroatoms. The van der Waals surface area contributed by atoms with Crippen molar-refractivity contribution in [1.82, 2.24) is 10.4 Å². The van der Waals surface area contributed by atoms with Crippen LogP contribution in [0.3, 0.4) is 0 Å². The molecule has 0 aliphatic carbocycles. The quantitative estimate of drug-likeness (QED) is 0.813. The minimum absolute atomic E-state index is 0.0869. The molecule has 2 unspecified atom stereocenters. The molecule has 1 amide bonds. The number of nitrogens with two attached hydrogens (primary N) is 1. The number of hydrazine groups is 1. The molecule has 20 heavy (non-hydrogen) atoms. The van der Waals surface area contributed by atoms with Gasteiger partial charge in [0.25, 0.3) is 5.91 Å². The summed E-state index contributed by atoms with van der Waals surface area (Å²) in [5.74, 6) is -0.0869. The van der Waals surface area contributed by atoms with Gasteiger partial charge in [0.2, 0.25) is 0 Å². The first kappa shape index (κ1) is 15.3. The van der Waals surface area contributed by atoms with Crippen LogP contribution in [0.2, 0.25) is 0 Å². The van der Waals surface area contributed by atoms with Crippen LogP contribution in [0.25, 0.3) is 0 Å². The highest BCUT2D eigenvalue weighted by atomic mass is 79.9. The molecular formula is C15H22BrN3O. The van der Waals surface area contributed by atoms with Crippen molar-refractivity contribution in [3.8, 4) is 0 Å². The Labute approximate surface area is 128 Å². The van der Waals surface area contributed by atoms with Crippen LogP contribution in [-0.2, 0) is 0 Å². The molecule has 1 aliphatic heterocycles. The molecule has 0 saturated carbocycles. The molecule has 1 fully saturated rings. The van der Waals surface area contributed by atoms with Gasteiger partial charge in [0.05, 0.1) is 0 Å². The molecule has 110 valence electrons. The van der Waals surface area contributed by atoms with Crippen molar-refractivity contribution in [2.24, 2.45) is 0 Å². The Morgan fingerprint density at radius 3 is 2.55 bits per heavy atom.